The van der Waals surface area contributed by atoms with Gasteiger partial charge in [-0.15, -0.1) is 0 Å². The lowest BCUT2D eigenvalue weighted by Gasteiger charge is -2.37. The Labute approximate surface area is 649 Å². The molecule has 43 heteroatoms. The maximum Gasteiger partial charge on any atom is 0.326 e. The molecule has 5 amide bonds. The van der Waals surface area contributed by atoms with Gasteiger partial charge in [-0.1, -0.05) is 18.6 Å². The Bertz CT molecular complexity index is 3660. The van der Waals surface area contributed by atoms with Crippen molar-refractivity contribution in [2.24, 2.45) is 11.7 Å². The number of imidazole rings is 2. The van der Waals surface area contributed by atoms with Crippen LogP contribution in [0.2, 0.25) is 0 Å². The summed E-state index contributed by atoms with van der Waals surface area (Å²) in [5.74, 6) is -15.7. The Morgan fingerprint density at radius 2 is 1.01 bits per heavy atom. The number of benzene rings is 1. The molecule has 4 rings (SSSR count). The Morgan fingerprint density at radius 3 is 1.52 bits per heavy atom. The summed E-state index contributed by atoms with van der Waals surface area (Å²) in [6.07, 6.45) is 6.50. The minimum Gasteiger partial charge on any atom is -0.481 e. The number of aliphatic carboxylic acids is 10. The molecule has 3 aromatic rings. The fourth-order valence-corrected chi connectivity index (χ4v) is 12.5. The van der Waals surface area contributed by atoms with Crippen LogP contribution >= 0.6 is 12.2 Å². The molecule has 1 aromatic carbocycles. The minimum atomic E-state index is -1.64. The number of hydrogen-bond acceptors (Lipinski definition) is 24. The zero-order valence-corrected chi connectivity index (χ0v) is 63.1. The lowest BCUT2D eigenvalue weighted by atomic mass is 9.91. The molecule has 5 atom stereocenters. The predicted octanol–water partition coefficient (Wildman–Crippen LogP) is -1.93. The summed E-state index contributed by atoms with van der Waals surface area (Å²) in [5, 5.41) is 109. The van der Waals surface area contributed by atoms with Gasteiger partial charge in [-0.05, 0) is 108 Å². The van der Waals surface area contributed by atoms with Crippen LogP contribution in [0.5, 0.6) is 0 Å². The standard InChI is InChI=1S/C69H103N17O25S/c1-2-82(41-61(98)99)55(88)36-84-23-20-71-53(84)34-80(35-54-72-21-24-85(54)37-56(89)86(43-63(102)103)44-64(104)105)22-8-5-9-46(65(106)73-18-7-4-11-50(66(107)108)76-68(111)77-51(67(109)110)16-17-57(90)91)32-52(87)49(70)10-3-6-19-74-69(112)75-47-14-12-45(13-15-47)31-48-33-81(40-60(96)97)28-27-78(38-58(92)93)25-26-79(39-59(94)95)29-30-83(48)42-62(100)101/h12-15,20-21,23-24,46,48-51H,2-11,16-19,22,25-44,70H2,1H3,(H,73,106)(H,90,91)(H,92,93)(H,94,95)(H,96,97)(H,98,99)(H,100,101)(H,102,103)(H,104,105)(H,107,108)(H,109,110)(H2,74,75,112)(H2,76,77,111)/t46-,48?,49?,50-,51-/m0/s1. The smallest absolute Gasteiger partial charge is 0.326 e. The number of nitrogens with one attached hydrogen (secondary N) is 5. The van der Waals surface area contributed by atoms with Gasteiger partial charge in [-0.3, -0.25) is 82.0 Å². The topological polar surface area (TPSA) is 603 Å². The number of carboxylic acid groups (broad SMARTS) is 10. The lowest BCUT2D eigenvalue weighted by Crippen LogP contribution is -2.53. The number of amides is 5. The zero-order valence-electron chi connectivity index (χ0n) is 62.3. The highest BCUT2D eigenvalue weighted by atomic mass is 32.1. The van der Waals surface area contributed by atoms with Crippen molar-refractivity contribution in [3.63, 3.8) is 0 Å². The maximum atomic E-state index is 14.2. The second kappa shape index (κ2) is 49.4. The first-order valence-corrected chi connectivity index (χ1v) is 36.6. The summed E-state index contributed by atoms with van der Waals surface area (Å²) >= 11 is 5.58. The van der Waals surface area contributed by atoms with E-state index >= 15 is 0 Å². The number of aromatic nitrogens is 4. The molecule has 0 aliphatic carbocycles. The van der Waals surface area contributed by atoms with Gasteiger partial charge in [0, 0.05) is 121 Å². The van der Waals surface area contributed by atoms with Gasteiger partial charge in [0.2, 0.25) is 17.7 Å². The average Bonchev–Trinajstić information content (AvgIpc) is 1.43. The van der Waals surface area contributed by atoms with E-state index in [2.05, 4.69) is 36.6 Å². The molecule has 0 spiro atoms. The van der Waals surface area contributed by atoms with Crippen LogP contribution < -0.4 is 32.3 Å². The normalized spacial score (nSPS) is 15.0. The highest BCUT2D eigenvalue weighted by molar-refractivity contribution is 7.80. The van der Waals surface area contributed by atoms with Crippen molar-refractivity contribution in [1.29, 1.82) is 0 Å². The number of likely N-dealkylation sites (N-methyl/N-ethyl adjacent to an activating group) is 1. The number of urea groups is 1. The SMILES string of the molecule is CCN(CC(=O)O)C(=O)Cn1ccnc1CN(CCCC[C@@H](CC(=O)C(N)CCCCNC(=S)Nc1ccc(CC2CN(CC(=O)O)CCN(CC(=O)O)CCN(CC(=O)O)CCN2CC(=O)O)cc1)C(=O)NCCCC[C@H](NC(=O)N[C@@H](CCC(=O)O)C(=O)O)C(=O)O)Cc1nccn1CC(=O)N(CC(=O)O)CC(=O)O. The van der Waals surface area contributed by atoms with E-state index in [1.165, 1.54) is 33.9 Å². The van der Waals surface area contributed by atoms with Crippen LogP contribution in [0.15, 0.2) is 49.1 Å². The second-order valence-corrected chi connectivity index (χ2v) is 27.3. The Hall–Kier alpha value is -10.9. The van der Waals surface area contributed by atoms with E-state index in [0.717, 1.165) is 10.5 Å². The molecule has 112 heavy (non-hydrogen) atoms. The summed E-state index contributed by atoms with van der Waals surface area (Å²) in [4.78, 5) is 204. The molecule has 1 aliphatic heterocycles. The van der Waals surface area contributed by atoms with Gasteiger partial charge in [0.25, 0.3) is 0 Å². The average molecular weight is 1600 g/mol. The number of unbranched alkanes of at least 4 members (excludes halogenated alkanes) is 3. The molecule has 1 aliphatic rings. The third kappa shape index (κ3) is 37.2. The number of rotatable bonds is 52. The third-order valence-electron chi connectivity index (χ3n) is 18.1. The Balaban J connectivity index is 1.48. The van der Waals surface area contributed by atoms with Crippen LogP contribution in [0.4, 0.5) is 10.5 Å². The van der Waals surface area contributed by atoms with Gasteiger partial charge in [-0.25, -0.2) is 24.4 Å². The summed E-state index contributed by atoms with van der Waals surface area (Å²) in [6.45, 7) is -1.69. The van der Waals surface area contributed by atoms with Gasteiger partial charge >= 0.3 is 65.7 Å². The Morgan fingerprint density at radius 1 is 0.536 bits per heavy atom. The van der Waals surface area contributed by atoms with Gasteiger partial charge in [-0.2, -0.15) is 0 Å². The van der Waals surface area contributed by atoms with Gasteiger partial charge in [0.05, 0.1) is 45.3 Å². The van der Waals surface area contributed by atoms with Crippen LogP contribution in [0, 0.1) is 5.92 Å². The van der Waals surface area contributed by atoms with Crippen LogP contribution in [0.3, 0.4) is 0 Å². The van der Waals surface area contributed by atoms with Crippen molar-refractivity contribution in [1.82, 2.24) is 74.7 Å². The molecule has 17 N–H and O–H groups in total. The van der Waals surface area contributed by atoms with E-state index in [4.69, 9.17) is 23.1 Å². The van der Waals surface area contributed by atoms with Crippen LogP contribution in [-0.4, -0.2) is 341 Å². The van der Waals surface area contributed by atoms with Crippen molar-refractivity contribution in [2.45, 2.75) is 141 Å². The number of nitrogens with two attached hydrogens (primary N) is 1. The van der Waals surface area contributed by atoms with Gasteiger partial charge in [0.15, 0.2) is 5.11 Å². The number of carbonyl (C=O) groups excluding carboxylic acids is 5. The molecule has 3 heterocycles. The van der Waals surface area contributed by atoms with E-state index in [-0.39, 0.29) is 160 Å². The molecule has 1 saturated heterocycles. The number of nitrogens with zero attached hydrogens (tertiary/aromatic N) is 11. The van der Waals surface area contributed by atoms with Crippen LogP contribution in [0.25, 0.3) is 0 Å². The van der Waals surface area contributed by atoms with Crippen molar-refractivity contribution in [3.05, 3.63) is 66.3 Å². The molecule has 2 unspecified atom stereocenters. The van der Waals surface area contributed by atoms with Gasteiger partial charge in [0.1, 0.15) is 62.2 Å². The quantitative estimate of drug-likeness (QED) is 0.0216. The van der Waals surface area contributed by atoms with Crippen molar-refractivity contribution in [2.75, 3.05) is 123 Å². The first-order valence-electron chi connectivity index (χ1n) is 36.2. The highest BCUT2D eigenvalue weighted by Gasteiger charge is 2.31. The molecule has 2 aromatic heterocycles. The van der Waals surface area contributed by atoms with Crippen LogP contribution in [-0.2, 0) is 99.7 Å². The summed E-state index contributed by atoms with van der Waals surface area (Å²) in [5.41, 5.74) is 7.81. The molecule has 620 valence electrons. The van der Waals surface area contributed by atoms with E-state index < -0.39 is 171 Å². The number of anilines is 1. The maximum absolute atomic E-state index is 14.2. The number of carboxylic acids is 10. The Kier molecular flexibility index (Phi) is 41.3. The van der Waals surface area contributed by atoms with E-state index in [1.54, 1.807) is 50.8 Å². The largest absolute Gasteiger partial charge is 0.481 e. The molecule has 0 saturated carbocycles. The molecule has 1 fully saturated rings. The number of Topliss-reactive ketones (excluding diaryl/α,β-unsaturated/α-hetero) is 1. The first-order chi connectivity index (χ1) is 53.1. The molecular weight excluding hydrogens is 1500 g/mol. The van der Waals surface area contributed by atoms with Crippen molar-refractivity contribution < 1.29 is 123 Å². The van der Waals surface area contributed by atoms with Crippen molar-refractivity contribution in [3.8, 4) is 0 Å². The van der Waals surface area contributed by atoms with E-state index in [1.807, 2.05) is 4.90 Å². The summed E-state index contributed by atoms with van der Waals surface area (Å²) in [7, 11) is 0. The van der Waals surface area contributed by atoms with Crippen LogP contribution in [0.1, 0.15) is 101 Å². The van der Waals surface area contributed by atoms with Crippen molar-refractivity contribution >= 4 is 112 Å². The number of ketones is 1. The number of carbonyl (C=O) groups is 15. The van der Waals surface area contributed by atoms with E-state index in [9.17, 15) is 118 Å². The predicted molar refractivity (Wildman–Crippen MR) is 397 cm³/mol. The molecular formula is C69H103N17O25S. The second-order valence-electron chi connectivity index (χ2n) is 26.8. The van der Waals surface area contributed by atoms with Gasteiger partial charge < -0.3 is 102 Å². The summed E-state index contributed by atoms with van der Waals surface area (Å²) in [6, 6.07) is 1.08. The minimum absolute atomic E-state index is 0.0157. The fraction of sp³-hybridized carbons (Fsp3) is 0.594. The monoisotopic (exact) mass is 1600 g/mol. The third-order valence-corrected chi connectivity index (χ3v) is 18.3. The molecule has 0 bridgehead atoms. The fourth-order valence-electron chi connectivity index (χ4n) is 12.3. The highest BCUT2D eigenvalue weighted by Crippen LogP contribution is 2.21. The first kappa shape index (κ1) is 93.5. The summed E-state index contributed by atoms with van der Waals surface area (Å²) < 4.78 is 2.92. The lowest BCUT2D eigenvalue weighted by molar-refractivity contribution is -0.149. The number of thiocarbonyl (C=S) groups is 1. The molecule has 42 nitrogen and oxygen atoms in total. The molecule has 0 radical (unpaired) electrons. The number of hydrogen-bond donors (Lipinski definition) is 16. The zero-order chi connectivity index (χ0) is 83.0. The van der Waals surface area contributed by atoms with E-state index in [0.29, 0.717) is 42.2 Å².